The standard InChI is InChI=1S/C16H20N4O3S/c1-19-12-9-15(18-19)17-16(21)13-5-7-14(8-6-13)24(22,23)20-10-3-2-4-11-20/h5-9,12H,2-4,10-11H2,1H3,(H,17,18,21). The van der Waals surface area contributed by atoms with E-state index in [1.165, 1.54) is 28.6 Å². The third-order valence-corrected chi connectivity index (χ3v) is 5.94. The number of aromatic nitrogens is 2. The normalized spacial score (nSPS) is 16.0. The summed E-state index contributed by atoms with van der Waals surface area (Å²) in [5, 5.41) is 6.75. The molecule has 2 heterocycles. The van der Waals surface area contributed by atoms with Crippen molar-refractivity contribution in [2.45, 2.75) is 24.2 Å². The number of hydrogen-bond acceptors (Lipinski definition) is 4. The Bertz CT molecular complexity index is 821. The van der Waals surface area contributed by atoms with E-state index in [9.17, 15) is 13.2 Å². The van der Waals surface area contributed by atoms with Crippen LogP contribution in [0.3, 0.4) is 0 Å². The number of amides is 1. The van der Waals surface area contributed by atoms with Gasteiger partial charge < -0.3 is 5.32 Å². The van der Waals surface area contributed by atoms with Gasteiger partial charge in [0.25, 0.3) is 5.91 Å². The molecule has 0 radical (unpaired) electrons. The first kappa shape index (κ1) is 16.7. The smallest absolute Gasteiger partial charge is 0.256 e. The minimum atomic E-state index is -3.47. The quantitative estimate of drug-likeness (QED) is 0.914. The first-order valence-electron chi connectivity index (χ1n) is 7.88. The monoisotopic (exact) mass is 348 g/mol. The Balaban J connectivity index is 1.73. The van der Waals surface area contributed by atoms with E-state index in [-0.39, 0.29) is 10.8 Å². The van der Waals surface area contributed by atoms with Crippen LogP contribution in [-0.2, 0) is 17.1 Å². The van der Waals surface area contributed by atoms with Gasteiger partial charge in [-0.15, -0.1) is 0 Å². The summed E-state index contributed by atoms with van der Waals surface area (Å²) in [4.78, 5) is 12.4. The average Bonchev–Trinajstić information content (AvgIpc) is 3.00. The molecular weight excluding hydrogens is 328 g/mol. The molecule has 1 fully saturated rings. The molecule has 0 bridgehead atoms. The van der Waals surface area contributed by atoms with Crippen LogP contribution in [0.25, 0.3) is 0 Å². The Hall–Kier alpha value is -2.19. The minimum absolute atomic E-state index is 0.221. The van der Waals surface area contributed by atoms with E-state index in [1.54, 1.807) is 24.0 Å². The second-order valence-electron chi connectivity index (χ2n) is 5.82. The summed E-state index contributed by atoms with van der Waals surface area (Å²) < 4.78 is 28.3. The van der Waals surface area contributed by atoms with E-state index < -0.39 is 10.0 Å². The molecule has 0 atom stereocenters. The van der Waals surface area contributed by atoms with Crippen LogP contribution in [-0.4, -0.2) is 41.5 Å². The van der Waals surface area contributed by atoms with Crippen LogP contribution in [0, 0.1) is 0 Å². The lowest BCUT2D eigenvalue weighted by Gasteiger charge is -2.25. The molecule has 24 heavy (non-hydrogen) atoms. The Kier molecular flexibility index (Phi) is 4.68. The average molecular weight is 348 g/mol. The van der Waals surface area contributed by atoms with Crippen molar-refractivity contribution in [3.05, 3.63) is 42.1 Å². The SMILES string of the molecule is Cn1ccc(NC(=O)c2ccc(S(=O)(=O)N3CCCCC3)cc2)n1. The highest BCUT2D eigenvalue weighted by Crippen LogP contribution is 2.21. The van der Waals surface area contributed by atoms with Crippen molar-refractivity contribution in [2.75, 3.05) is 18.4 Å². The number of carbonyl (C=O) groups excluding carboxylic acids is 1. The number of benzene rings is 1. The third-order valence-electron chi connectivity index (χ3n) is 4.02. The van der Waals surface area contributed by atoms with E-state index in [0.717, 1.165) is 19.3 Å². The molecule has 0 spiro atoms. The van der Waals surface area contributed by atoms with Gasteiger partial charge in [-0.2, -0.15) is 9.40 Å². The topological polar surface area (TPSA) is 84.3 Å². The molecule has 1 aromatic heterocycles. The number of nitrogens with one attached hydrogen (secondary N) is 1. The fourth-order valence-corrected chi connectivity index (χ4v) is 4.22. The molecule has 0 aliphatic carbocycles. The largest absolute Gasteiger partial charge is 0.305 e. The lowest BCUT2D eigenvalue weighted by atomic mass is 10.2. The highest BCUT2D eigenvalue weighted by molar-refractivity contribution is 7.89. The van der Waals surface area contributed by atoms with Crippen molar-refractivity contribution in [1.82, 2.24) is 14.1 Å². The van der Waals surface area contributed by atoms with Gasteiger partial charge in [0.2, 0.25) is 10.0 Å². The number of carbonyl (C=O) groups is 1. The number of sulfonamides is 1. The predicted octanol–water partition coefficient (Wildman–Crippen LogP) is 1.85. The highest BCUT2D eigenvalue weighted by atomic mass is 32.2. The van der Waals surface area contributed by atoms with Gasteiger partial charge in [0.1, 0.15) is 0 Å². The maximum absolute atomic E-state index is 12.6. The van der Waals surface area contributed by atoms with Crippen LogP contribution in [0.2, 0.25) is 0 Å². The molecule has 0 saturated carbocycles. The van der Waals surface area contributed by atoms with E-state index in [4.69, 9.17) is 0 Å². The van der Waals surface area contributed by atoms with Crippen LogP contribution in [0.15, 0.2) is 41.4 Å². The van der Waals surface area contributed by atoms with Gasteiger partial charge in [-0.25, -0.2) is 8.42 Å². The number of anilines is 1. The van der Waals surface area contributed by atoms with Gasteiger partial charge in [0.05, 0.1) is 4.90 Å². The van der Waals surface area contributed by atoms with Crippen LogP contribution >= 0.6 is 0 Å². The Labute approximate surface area is 141 Å². The molecule has 1 aliphatic heterocycles. The van der Waals surface area contributed by atoms with Crippen LogP contribution in [0.1, 0.15) is 29.6 Å². The molecule has 7 nitrogen and oxygen atoms in total. The molecule has 128 valence electrons. The summed E-state index contributed by atoms with van der Waals surface area (Å²) >= 11 is 0. The van der Waals surface area contributed by atoms with Gasteiger partial charge in [0, 0.05) is 38.0 Å². The van der Waals surface area contributed by atoms with Gasteiger partial charge in [-0.1, -0.05) is 6.42 Å². The van der Waals surface area contributed by atoms with E-state index in [0.29, 0.717) is 24.5 Å². The lowest BCUT2D eigenvalue weighted by molar-refractivity contribution is 0.102. The van der Waals surface area contributed by atoms with Crippen molar-refractivity contribution in [3.63, 3.8) is 0 Å². The number of hydrogen-bond donors (Lipinski definition) is 1. The van der Waals surface area contributed by atoms with Gasteiger partial charge >= 0.3 is 0 Å². The van der Waals surface area contributed by atoms with Gasteiger partial charge in [-0.05, 0) is 37.1 Å². The van der Waals surface area contributed by atoms with Crippen LogP contribution < -0.4 is 5.32 Å². The molecule has 1 aromatic carbocycles. The zero-order valence-electron chi connectivity index (χ0n) is 13.5. The summed E-state index contributed by atoms with van der Waals surface area (Å²) in [6.07, 6.45) is 4.58. The number of rotatable bonds is 4. The Morgan fingerprint density at radius 1 is 1.08 bits per heavy atom. The van der Waals surface area contributed by atoms with E-state index >= 15 is 0 Å². The molecule has 0 unspecified atom stereocenters. The highest BCUT2D eigenvalue weighted by Gasteiger charge is 2.25. The second kappa shape index (κ2) is 6.74. The van der Waals surface area contributed by atoms with Crippen LogP contribution in [0.5, 0.6) is 0 Å². The Morgan fingerprint density at radius 3 is 2.33 bits per heavy atom. The minimum Gasteiger partial charge on any atom is -0.305 e. The van der Waals surface area contributed by atoms with Crippen molar-refractivity contribution in [3.8, 4) is 0 Å². The molecule has 8 heteroatoms. The molecule has 1 saturated heterocycles. The number of piperidine rings is 1. The zero-order chi connectivity index (χ0) is 17.2. The molecule has 1 N–H and O–H groups in total. The van der Waals surface area contributed by atoms with Gasteiger partial charge in [-0.3, -0.25) is 9.48 Å². The van der Waals surface area contributed by atoms with E-state index in [1.807, 2.05) is 0 Å². The molecule has 1 aliphatic rings. The maximum atomic E-state index is 12.6. The van der Waals surface area contributed by atoms with Crippen molar-refractivity contribution in [2.24, 2.45) is 7.05 Å². The first-order valence-corrected chi connectivity index (χ1v) is 9.32. The molecule has 1 amide bonds. The molecular formula is C16H20N4O3S. The number of aryl methyl sites for hydroxylation is 1. The fourth-order valence-electron chi connectivity index (χ4n) is 2.70. The van der Waals surface area contributed by atoms with E-state index in [2.05, 4.69) is 10.4 Å². The summed E-state index contributed by atoms with van der Waals surface area (Å²) in [5.74, 6) is 0.128. The van der Waals surface area contributed by atoms with Crippen molar-refractivity contribution in [1.29, 1.82) is 0 Å². The molecule has 2 aromatic rings. The van der Waals surface area contributed by atoms with Crippen molar-refractivity contribution >= 4 is 21.7 Å². The maximum Gasteiger partial charge on any atom is 0.256 e. The first-order chi connectivity index (χ1) is 11.5. The zero-order valence-corrected chi connectivity index (χ0v) is 14.3. The fraction of sp³-hybridized carbons (Fsp3) is 0.375. The Morgan fingerprint density at radius 2 is 1.75 bits per heavy atom. The van der Waals surface area contributed by atoms with Crippen LogP contribution in [0.4, 0.5) is 5.82 Å². The summed E-state index contributed by atoms with van der Waals surface area (Å²) in [7, 11) is -1.71. The summed E-state index contributed by atoms with van der Waals surface area (Å²) in [6, 6.07) is 7.70. The van der Waals surface area contributed by atoms with Crippen molar-refractivity contribution < 1.29 is 13.2 Å². The van der Waals surface area contributed by atoms with Gasteiger partial charge in [0.15, 0.2) is 5.82 Å². The third kappa shape index (κ3) is 3.49. The summed E-state index contributed by atoms with van der Waals surface area (Å²) in [5.41, 5.74) is 0.387. The predicted molar refractivity (Wildman–Crippen MR) is 90.2 cm³/mol. The second-order valence-corrected chi connectivity index (χ2v) is 7.76. The summed E-state index contributed by atoms with van der Waals surface area (Å²) in [6.45, 7) is 1.12. The molecule has 3 rings (SSSR count). The lowest BCUT2D eigenvalue weighted by Crippen LogP contribution is -2.35. The number of nitrogens with zero attached hydrogens (tertiary/aromatic N) is 3.